The second kappa shape index (κ2) is 4.61. The van der Waals surface area contributed by atoms with Gasteiger partial charge in [-0.3, -0.25) is 4.98 Å². The summed E-state index contributed by atoms with van der Waals surface area (Å²) in [5.41, 5.74) is 5.10. The lowest BCUT2D eigenvalue weighted by molar-refractivity contribution is -0.138. The maximum absolute atomic E-state index is 12.5. The van der Waals surface area contributed by atoms with Crippen molar-refractivity contribution in [3.8, 4) is 0 Å². The highest BCUT2D eigenvalue weighted by Crippen LogP contribution is 2.31. The largest absolute Gasteiger partial charge is 0.416 e. The molecule has 84 valence electrons. The highest BCUT2D eigenvalue weighted by Gasteiger charge is 2.32. The van der Waals surface area contributed by atoms with E-state index in [9.17, 15) is 13.2 Å². The summed E-state index contributed by atoms with van der Waals surface area (Å²) in [7, 11) is 0. The van der Waals surface area contributed by atoms with Gasteiger partial charge in [0.1, 0.15) is 0 Å². The zero-order valence-corrected chi connectivity index (χ0v) is 8.38. The van der Waals surface area contributed by atoms with Crippen molar-refractivity contribution >= 4 is 0 Å². The number of pyridine rings is 1. The van der Waals surface area contributed by atoms with Gasteiger partial charge in [0.25, 0.3) is 0 Å². The van der Waals surface area contributed by atoms with Gasteiger partial charge in [0.15, 0.2) is 0 Å². The molecule has 0 amide bonds. The molecule has 2 N–H and O–H groups in total. The van der Waals surface area contributed by atoms with Crippen molar-refractivity contribution in [2.75, 3.05) is 0 Å². The highest BCUT2D eigenvalue weighted by atomic mass is 19.4. The minimum Gasteiger partial charge on any atom is -0.328 e. The van der Waals surface area contributed by atoms with E-state index < -0.39 is 11.7 Å². The van der Waals surface area contributed by atoms with Crippen LogP contribution in [0.25, 0.3) is 0 Å². The van der Waals surface area contributed by atoms with Crippen LogP contribution in [-0.4, -0.2) is 11.0 Å². The lowest BCUT2D eigenvalue weighted by atomic mass is 10.0. The summed E-state index contributed by atoms with van der Waals surface area (Å²) in [5.74, 6) is 0. The minimum atomic E-state index is -4.31. The first-order valence-corrected chi connectivity index (χ1v) is 4.67. The number of hydrogen-bond acceptors (Lipinski definition) is 2. The van der Waals surface area contributed by atoms with Crippen molar-refractivity contribution < 1.29 is 13.2 Å². The molecule has 15 heavy (non-hydrogen) atoms. The molecular formula is C10H13F3N2. The molecule has 0 aliphatic rings. The Morgan fingerprint density at radius 1 is 1.47 bits per heavy atom. The van der Waals surface area contributed by atoms with E-state index in [0.29, 0.717) is 12.8 Å². The van der Waals surface area contributed by atoms with E-state index in [-0.39, 0.29) is 11.6 Å². The summed E-state index contributed by atoms with van der Waals surface area (Å²) >= 11 is 0. The van der Waals surface area contributed by atoms with E-state index in [2.05, 4.69) is 4.98 Å². The summed E-state index contributed by atoms with van der Waals surface area (Å²) in [6.07, 6.45) is -1.07. The predicted octanol–water partition coefficient (Wildman–Crippen LogP) is 2.38. The van der Waals surface area contributed by atoms with Gasteiger partial charge in [-0.25, -0.2) is 0 Å². The van der Waals surface area contributed by atoms with E-state index in [0.717, 1.165) is 12.3 Å². The molecule has 0 aliphatic heterocycles. The standard InChI is InChI=1S/C10H13F3N2/c1-7(14)2-3-8-6-15-5-4-9(8)10(11,12)13/h4-7H,2-3,14H2,1H3/t7-/m0/s1. The van der Waals surface area contributed by atoms with Gasteiger partial charge in [-0.05, 0) is 31.4 Å². The number of alkyl halides is 3. The van der Waals surface area contributed by atoms with Crippen molar-refractivity contribution in [1.29, 1.82) is 0 Å². The van der Waals surface area contributed by atoms with E-state index in [1.54, 1.807) is 6.92 Å². The second-order valence-corrected chi connectivity index (χ2v) is 3.55. The Morgan fingerprint density at radius 2 is 2.13 bits per heavy atom. The molecule has 0 aliphatic carbocycles. The molecule has 1 aromatic heterocycles. The van der Waals surface area contributed by atoms with Crippen LogP contribution in [0.4, 0.5) is 13.2 Å². The van der Waals surface area contributed by atoms with Gasteiger partial charge in [-0.15, -0.1) is 0 Å². The maximum atomic E-state index is 12.5. The molecule has 1 heterocycles. The van der Waals surface area contributed by atoms with Crippen LogP contribution in [0.3, 0.4) is 0 Å². The van der Waals surface area contributed by atoms with Crippen LogP contribution in [0.1, 0.15) is 24.5 Å². The van der Waals surface area contributed by atoms with Crippen molar-refractivity contribution in [1.82, 2.24) is 4.98 Å². The Kier molecular flexibility index (Phi) is 3.68. The smallest absolute Gasteiger partial charge is 0.328 e. The van der Waals surface area contributed by atoms with Crippen LogP contribution in [-0.2, 0) is 12.6 Å². The first-order valence-electron chi connectivity index (χ1n) is 4.67. The molecule has 0 saturated heterocycles. The molecular weight excluding hydrogens is 205 g/mol. The second-order valence-electron chi connectivity index (χ2n) is 3.55. The van der Waals surface area contributed by atoms with E-state index in [1.165, 1.54) is 6.20 Å². The van der Waals surface area contributed by atoms with Gasteiger partial charge in [-0.1, -0.05) is 0 Å². The molecule has 0 bridgehead atoms. The zero-order chi connectivity index (χ0) is 11.5. The molecule has 5 heteroatoms. The molecule has 0 saturated carbocycles. The van der Waals surface area contributed by atoms with Crippen LogP contribution in [0.2, 0.25) is 0 Å². The fourth-order valence-corrected chi connectivity index (χ4v) is 1.29. The zero-order valence-electron chi connectivity index (χ0n) is 8.38. The molecule has 1 rings (SSSR count). The Morgan fingerprint density at radius 3 is 2.67 bits per heavy atom. The molecule has 1 atom stereocenters. The maximum Gasteiger partial charge on any atom is 0.416 e. The Balaban J connectivity index is 2.87. The monoisotopic (exact) mass is 218 g/mol. The van der Waals surface area contributed by atoms with Crippen LogP contribution in [0.5, 0.6) is 0 Å². The summed E-state index contributed by atoms with van der Waals surface area (Å²) in [4.78, 5) is 3.70. The Bertz CT molecular complexity index is 321. The topological polar surface area (TPSA) is 38.9 Å². The normalized spacial score (nSPS) is 13.9. The number of halogens is 3. The number of hydrogen-bond donors (Lipinski definition) is 1. The third-order valence-corrected chi connectivity index (χ3v) is 2.08. The first kappa shape index (κ1) is 12.0. The van der Waals surface area contributed by atoms with Gasteiger partial charge in [0, 0.05) is 18.4 Å². The van der Waals surface area contributed by atoms with Gasteiger partial charge < -0.3 is 5.73 Å². The molecule has 0 aromatic carbocycles. The number of nitrogens with two attached hydrogens (primary N) is 1. The van der Waals surface area contributed by atoms with Crippen molar-refractivity contribution in [2.24, 2.45) is 5.73 Å². The summed E-state index contributed by atoms with van der Waals surface area (Å²) < 4.78 is 37.5. The van der Waals surface area contributed by atoms with E-state index >= 15 is 0 Å². The lowest BCUT2D eigenvalue weighted by Gasteiger charge is -2.12. The average molecular weight is 218 g/mol. The summed E-state index contributed by atoms with van der Waals surface area (Å²) in [5, 5.41) is 0. The average Bonchev–Trinajstić information content (AvgIpc) is 2.13. The van der Waals surface area contributed by atoms with Crippen molar-refractivity contribution in [3.05, 3.63) is 29.6 Å². The SMILES string of the molecule is C[C@H](N)CCc1cnccc1C(F)(F)F. The molecule has 2 nitrogen and oxygen atoms in total. The van der Waals surface area contributed by atoms with Gasteiger partial charge in [0.05, 0.1) is 5.56 Å². The quantitative estimate of drug-likeness (QED) is 0.845. The first-order chi connectivity index (χ1) is 6.91. The predicted molar refractivity (Wildman–Crippen MR) is 51.2 cm³/mol. The molecule has 0 spiro atoms. The molecule has 1 aromatic rings. The molecule has 0 unspecified atom stereocenters. The molecule has 0 radical (unpaired) electrons. The van der Waals surface area contributed by atoms with E-state index in [1.807, 2.05) is 0 Å². The third-order valence-electron chi connectivity index (χ3n) is 2.08. The summed E-state index contributed by atoms with van der Waals surface area (Å²) in [6, 6.07) is 0.891. The lowest BCUT2D eigenvalue weighted by Crippen LogP contribution is -2.17. The third kappa shape index (κ3) is 3.51. The Labute approximate surface area is 86.3 Å². The number of nitrogens with zero attached hydrogens (tertiary/aromatic N) is 1. The van der Waals surface area contributed by atoms with Crippen molar-refractivity contribution in [3.63, 3.8) is 0 Å². The van der Waals surface area contributed by atoms with Crippen LogP contribution >= 0.6 is 0 Å². The van der Waals surface area contributed by atoms with E-state index in [4.69, 9.17) is 5.73 Å². The Hall–Kier alpha value is -1.10. The summed E-state index contributed by atoms with van der Waals surface area (Å²) in [6.45, 7) is 1.77. The minimum absolute atomic E-state index is 0.105. The van der Waals surface area contributed by atoms with Crippen LogP contribution in [0, 0.1) is 0 Å². The number of rotatable bonds is 3. The fourth-order valence-electron chi connectivity index (χ4n) is 1.29. The van der Waals surface area contributed by atoms with Gasteiger partial charge >= 0.3 is 6.18 Å². The molecule has 0 fully saturated rings. The highest BCUT2D eigenvalue weighted by molar-refractivity contribution is 5.26. The van der Waals surface area contributed by atoms with Crippen molar-refractivity contribution in [2.45, 2.75) is 32.0 Å². The van der Waals surface area contributed by atoms with Crippen LogP contribution in [0.15, 0.2) is 18.5 Å². The number of aryl methyl sites for hydroxylation is 1. The van der Waals surface area contributed by atoms with Gasteiger partial charge in [0.2, 0.25) is 0 Å². The fraction of sp³-hybridized carbons (Fsp3) is 0.500. The number of aromatic nitrogens is 1. The van der Waals surface area contributed by atoms with Crippen LogP contribution < -0.4 is 5.73 Å². The van der Waals surface area contributed by atoms with Gasteiger partial charge in [-0.2, -0.15) is 13.2 Å².